The van der Waals surface area contributed by atoms with Gasteiger partial charge < -0.3 is 9.80 Å². The molecule has 2 amide bonds. The van der Waals surface area contributed by atoms with E-state index in [1.54, 1.807) is 9.80 Å². The lowest BCUT2D eigenvalue weighted by Crippen LogP contribution is -2.55. The van der Waals surface area contributed by atoms with Gasteiger partial charge in [0.2, 0.25) is 11.8 Å². The Labute approximate surface area is 142 Å². The summed E-state index contributed by atoms with van der Waals surface area (Å²) in [6.07, 6.45) is 2.97. The predicted molar refractivity (Wildman–Crippen MR) is 91.2 cm³/mol. The van der Waals surface area contributed by atoms with E-state index < -0.39 is 6.04 Å². The first-order valence-corrected chi connectivity index (χ1v) is 8.51. The largest absolute Gasteiger partial charge is 0.325 e. The minimum atomic E-state index is -0.436. The Morgan fingerprint density at radius 1 is 1.33 bits per heavy atom. The molecule has 0 saturated carbocycles. The molecular formula is C19H23N3O2. The van der Waals surface area contributed by atoms with Gasteiger partial charge in [0.1, 0.15) is 12.6 Å². The molecule has 0 radical (unpaired) electrons. The molecule has 3 rings (SSSR count). The van der Waals surface area contributed by atoms with Crippen LogP contribution in [0, 0.1) is 16.7 Å². The third kappa shape index (κ3) is 2.89. The summed E-state index contributed by atoms with van der Waals surface area (Å²) >= 11 is 0. The van der Waals surface area contributed by atoms with Crippen LogP contribution in [-0.4, -0.2) is 35.8 Å². The van der Waals surface area contributed by atoms with Gasteiger partial charge in [-0.2, -0.15) is 5.26 Å². The van der Waals surface area contributed by atoms with Crippen LogP contribution in [0.3, 0.4) is 0 Å². The molecular weight excluding hydrogens is 302 g/mol. The van der Waals surface area contributed by atoms with E-state index in [4.69, 9.17) is 0 Å². The lowest BCUT2D eigenvalue weighted by molar-refractivity contribution is -0.136. The van der Waals surface area contributed by atoms with Gasteiger partial charge in [-0.05, 0) is 36.3 Å². The Balaban J connectivity index is 1.82. The summed E-state index contributed by atoms with van der Waals surface area (Å²) in [5.74, 6) is -0.161. The van der Waals surface area contributed by atoms with Gasteiger partial charge in [-0.25, -0.2) is 0 Å². The number of amides is 2. The van der Waals surface area contributed by atoms with Crippen molar-refractivity contribution in [1.29, 1.82) is 5.26 Å². The number of likely N-dealkylation sites (tertiary alicyclic amines) is 1. The van der Waals surface area contributed by atoms with Crippen LogP contribution in [0.1, 0.15) is 38.7 Å². The second-order valence-electron chi connectivity index (χ2n) is 7.32. The molecule has 1 unspecified atom stereocenters. The van der Waals surface area contributed by atoms with Crippen molar-refractivity contribution in [2.75, 3.05) is 18.0 Å². The molecule has 1 atom stereocenters. The minimum Gasteiger partial charge on any atom is -0.325 e. The van der Waals surface area contributed by atoms with E-state index in [1.807, 2.05) is 38.1 Å². The zero-order valence-corrected chi connectivity index (χ0v) is 14.3. The third-order valence-corrected chi connectivity index (χ3v) is 5.20. The molecule has 24 heavy (non-hydrogen) atoms. The highest BCUT2D eigenvalue weighted by atomic mass is 16.2. The number of nitrogens with zero attached hydrogens (tertiary/aromatic N) is 3. The number of piperidine rings is 1. The molecule has 2 aliphatic heterocycles. The summed E-state index contributed by atoms with van der Waals surface area (Å²) in [6, 6.07) is 9.59. The fraction of sp³-hybridized carbons (Fsp3) is 0.526. The van der Waals surface area contributed by atoms with Crippen LogP contribution >= 0.6 is 0 Å². The van der Waals surface area contributed by atoms with E-state index in [1.165, 1.54) is 0 Å². The lowest BCUT2D eigenvalue weighted by Gasteiger charge is -2.43. The highest BCUT2D eigenvalue weighted by molar-refractivity contribution is 6.01. The molecule has 1 saturated heterocycles. The first-order chi connectivity index (χ1) is 11.4. The first kappa shape index (κ1) is 16.5. The Morgan fingerprint density at radius 3 is 2.83 bits per heavy atom. The van der Waals surface area contributed by atoms with Crippen molar-refractivity contribution < 1.29 is 9.59 Å². The number of nitriles is 1. The number of anilines is 1. The zero-order valence-electron chi connectivity index (χ0n) is 14.3. The zero-order chi connectivity index (χ0) is 17.3. The van der Waals surface area contributed by atoms with Crippen LogP contribution in [0.15, 0.2) is 24.3 Å². The molecule has 2 aliphatic rings. The monoisotopic (exact) mass is 325 g/mol. The molecule has 0 spiro atoms. The van der Waals surface area contributed by atoms with Crippen molar-refractivity contribution in [2.45, 2.75) is 45.6 Å². The molecule has 0 bridgehead atoms. The Hall–Kier alpha value is -2.35. The van der Waals surface area contributed by atoms with Gasteiger partial charge >= 0.3 is 0 Å². The minimum absolute atomic E-state index is 0.0180. The average molecular weight is 325 g/mol. The molecule has 1 aromatic rings. The maximum atomic E-state index is 12.9. The summed E-state index contributed by atoms with van der Waals surface area (Å²) in [7, 11) is 0. The third-order valence-electron chi connectivity index (χ3n) is 5.20. The van der Waals surface area contributed by atoms with E-state index >= 15 is 0 Å². The number of hydrogen-bond acceptors (Lipinski definition) is 3. The quantitative estimate of drug-likeness (QED) is 0.839. The van der Waals surface area contributed by atoms with E-state index in [0.29, 0.717) is 13.0 Å². The first-order valence-electron chi connectivity index (χ1n) is 8.51. The van der Waals surface area contributed by atoms with Crippen molar-refractivity contribution in [3.8, 4) is 6.07 Å². The molecule has 2 heterocycles. The number of carbonyl (C=O) groups excluding carboxylic acids is 2. The average Bonchev–Trinajstić information content (AvgIpc) is 2.56. The SMILES string of the molecule is CC1(C)CCCN(C(=O)CN2C(=O)CCc3ccccc32)C1C#N. The fourth-order valence-corrected chi connectivity index (χ4v) is 3.80. The Morgan fingerprint density at radius 2 is 2.08 bits per heavy atom. The topological polar surface area (TPSA) is 64.4 Å². The molecule has 1 fully saturated rings. The molecule has 1 aromatic carbocycles. The van der Waals surface area contributed by atoms with Gasteiger partial charge in [0.15, 0.2) is 0 Å². The van der Waals surface area contributed by atoms with Crippen LogP contribution < -0.4 is 4.90 Å². The van der Waals surface area contributed by atoms with Crippen LogP contribution in [0.5, 0.6) is 0 Å². The van der Waals surface area contributed by atoms with E-state index in [2.05, 4.69) is 6.07 Å². The van der Waals surface area contributed by atoms with E-state index in [0.717, 1.165) is 30.5 Å². The number of carbonyl (C=O) groups is 2. The van der Waals surface area contributed by atoms with Gasteiger partial charge in [0, 0.05) is 18.7 Å². The number of benzene rings is 1. The molecule has 0 N–H and O–H groups in total. The van der Waals surface area contributed by atoms with E-state index in [-0.39, 0.29) is 23.8 Å². The van der Waals surface area contributed by atoms with Gasteiger partial charge in [-0.1, -0.05) is 32.0 Å². The maximum Gasteiger partial charge on any atom is 0.243 e. The standard InChI is InChI=1S/C19H23N3O2/c1-19(2)10-5-11-21(16(19)12-20)18(24)13-22-15-7-4-3-6-14(15)8-9-17(22)23/h3-4,6-7,16H,5,8-11,13H2,1-2H3. The van der Waals surface area contributed by atoms with Crippen molar-refractivity contribution >= 4 is 17.5 Å². The Bertz CT molecular complexity index is 705. The molecule has 5 heteroatoms. The summed E-state index contributed by atoms with van der Waals surface area (Å²) in [5, 5.41) is 9.54. The number of hydrogen-bond donors (Lipinski definition) is 0. The van der Waals surface area contributed by atoms with Crippen molar-refractivity contribution in [3.05, 3.63) is 29.8 Å². The smallest absolute Gasteiger partial charge is 0.243 e. The van der Waals surface area contributed by atoms with Crippen LogP contribution in [0.25, 0.3) is 0 Å². The molecule has 0 aromatic heterocycles. The van der Waals surface area contributed by atoms with Gasteiger partial charge in [-0.3, -0.25) is 9.59 Å². The van der Waals surface area contributed by atoms with Crippen LogP contribution in [0.4, 0.5) is 5.69 Å². The van der Waals surface area contributed by atoms with Crippen molar-refractivity contribution in [2.24, 2.45) is 5.41 Å². The van der Waals surface area contributed by atoms with Crippen molar-refractivity contribution in [1.82, 2.24) is 4.90 Å². The fourth-order valence-electron chi connectivity index (χ4n) is 3.80. The summed E-state index contributed by atoms with van der Waals surface area (Å²) in [4.78, 5) is 28.4. The van der Waals surface area contributed by atoms with Crippen LogP contribution in [-0.2, 0) is 16.0 Å². The lowest BCUT2D eigenvalue weighted by atomic mass is 9.77. The summed E-state index contributed by atoms with van der Waals surface area (Å²) in [6.45, 7) is 4.66. The van der Waals surface area contributed by atoms with Gasteiger partial charge in [0.25, 0.3) is 0 Å². The number of aryl methyl sites for hydroxylation is 1. The van der Waals surface area contributed by atoms with Gasteiger partial charge in [0.05, 0.1) is 6.07 Å². The maximum absolute atomic E-state index is 12.9. The van der Waals surface area contributed by atoms with E-state index in [9.17, 15) is 14.9 Å². The normalized spacial score (nSPS) is 22.7. The number of para-hydroxylation sites is 1. The second kappa shape index (κ2) is 6.27. The number of rotatable bonds is 2. The highest BCUT2D eigenvalue weighted by Crippen LogP contribution is 2.35. The second-order valence-corrected chi connectivity index (χ2v) is 7.32. The highest BCUT2D eigenvalue weighted by Gasteiger charge is 2.40. The molecule has 5 nitrogen and oxygen atoms in total. The van der Waals surface area contributed by atoms with Gasteiger partial charge in [-0.15, -0.1) is 0 Å². The Kier molecular flexibility index (Phi) is 4.31. The molecule has 0 aliphatic carbocycles. The molecule has 126 valence electrons. The predicted octanol–water partition coefficient (Wildman–Crippen LogP) is 2.51. The summed E-state index contributed by atoms with van der Waals surface area (Å²) < 4.78 is 0. The number of fused-ring (bicyclic) bond motifs is 1. The van der Waals surface area contributed by atoms with Crippen molar-refractivity contribution in [3.63, 3.8) is 0 Å². The summed E-state index contributed by atoms with van der Waals surface area (Å²) in [5.41, 5.74) is 1.71. The van der Waals surface area contributed by atoms with Crippen LogP contribution in [0.2, 0.25) is 0 Å².